The van der Waals surface area contributed by atoms with Crippen molar-refractivity contribution in [2.75, 3.05) is 49.1 Å². The highest BCUT2D eigenvalue weighted by Crippen LogP contribution is 2.43. The van der Waals surface area contributed by atoms with Crippen molar-refractivity contribution in [1.82, 2.24) is 9.30 Å². The minimum Gasteiger partial charge on any atom is -0.456 e. The molecule has 0 spiro atoms. The van der Waals surface area contributed by atoms with Crippen molar-refractivity contribution >= 4 is 50.2 Å². The molecule has 0 bridgehead atoms. The van der Waals surface area contributed by atoms with E-state index in [-0.39, 0.29) is 0 Å². The number of benzene rings is 5. The molecule has 60 heavy (non-hydrogen) atoms. The molecular weight excluding hydrogens is 799 g/mol. The monoisotopic (exact) mass is 862 g/mol. The molecule has 1 unspecified atom stereocenters. The van der Waals surface area contributed by atoms with Gasteiger partial charge in [-0.15, -0.1) is 23.5 Å². The molecule has 0 amide bonds. The van der Waals surface area contributed by atoms with Gasteiger partial charge in [-0.25, -0.2) is 17.7 Å². The molecule has 6 nitrogen and oxygen atoms in total. The lowest BCUT2D eigenvalue weighted by molar-refractivity contribution is 0.444. The van der Waals surface area contributed by atoms with Crippen molar-refractivity contribution in [1.29, 1.82) is 0 Å². The van der Waals surface area contributed by atoms with Crippen LogP contribution in [0.4, 0.5) is 5.69 Å². The first-order valence-electron chi connectivity index (χ1n) is 22.1. The van der Waals surface area contributed by atoms with Crippen LogP contribution in [0.15, 0.2) is 140 Å². The topological polar surface area (TPSA) is 65.6 Å². The summed E-state index contributed by atoms with van der Waals surface area (Å²) < 4.78 is 41.0. The van der Waals surface area contributed by atoms with Crippen LogP contribution in [0.5, 0.6) is 0 Å². The largest absolute Gasteiger partial charge is 0.456 e. The normalized spacial score (nSPS) is 12.9. The van der Waals surface area contributed by atoms with Gasteiger partial charge in [0.25, 0.3) is 0 Å². The second kappa shape index (κ2) is 23.3. The van der Waals surface area contributed by atoms with Gasteiger partial charge in [0.05, 0.1) is 11.0 Å². The molecule has 2 aliphatic rings. The fourth-order valence-electron chi connectivity index (χ4n) is 7.91. The van der Waals surface area contributed by atoms with Gasteiger partial charge >= 0.3 is 0 Å². The van der Waals surface area contributed by atoms with Crippen LogP contribution in [0.2, 0.25) is 0 Å². The van der Waals surface area contributed by atoms with Crippen LogP contribution in [0.25, 0.3) is 33.4 Å². The van der Waals surface area contributed by atoms with Crippen LogP contribution in [-0.2, 0) is 10.0 Å². The van der Waals surface area contributed by atoms with E-state index in [1.54, 1.807) is 6.07 Å². The van der Waals surface area contributed by atoms with Crippen LogP contribution >= 0.6 is 23.5 Å². The molecule has 0 radical (unpaired) electrons. The van der Waals surface area contributed by atoms with E-state index in [4.69, 9.17) is 4.42 Å². The Labute approximate surface area is 368 Å². The lowest BCUT2D eigenvalue weighted by atomic mass is 9.93. The Kier molecular flexibility index (Phi) is 17.6. The minimum atomic E-state index is -3.83. The van der Waals surface area contributed by atoms with E-state index in [9.17, 15) is 8.42 Å². The van der Waals surface area contributed by atoms with E-state index in [2.05, 4.69) is 139 Å². The Bertz CT molecular complexity index is 2380. The predicted octanol–water partition coefficient (Wildman–Crippen LogP) is 12.5. The number of hydrogen-bond acceptors (Lipinski definition) is 6. The average Bonchev–Trinajstić information content (AvgIpc) is 3.28. The standard InChI is InChI=1S/C51H64N3O3S3/c1-5-9-20-40(8-4)39-52-60(55,56)50-26-17-16-25-47(50)51-45-29-27-41(53(31-6-2)33-18-35-58-43-21-12-10-13-22-43)37-48(45)57-49-38-42(28-30-46(49)51)54(32-7-3)34-19-36-59-44-23-14-11-15-24-44/h10-17,21-30,37-38,40,52H,5-9,18-20,31-36,39H2,1-4H3/q+1. The zero-order chi connectivity index (χ0) is 42.2. The summed E-state index contributed by atoms with van der Waals surface area (Å²) in [6, 6.07) is 41.7. The van der Waals surface area contributed by atoms with Crippen molar-refractivity contribution in [2.24, 2.45) is 5.92 Å². The smallest absolute Gasteiger partial charge is 0.241 e. The van der Waals surface area contributed by atoms with Crippen LogP contribution in [0.1, 0.15) is 79.1 Å². The van der Waals surface area contributed by atoms with Crippen molar-refractivity contribution in [3.05, 3.63) is 127 Å². The Hall–Kier alpha value is -4.02. The summed E-state index contributed by atoms with van der Waals surface area (Å²) in [5, 5.41) is 2.01. The second-order valence-electron chi connectivity index (χ2n) is 15.6. The molecule has 0 aromatic heterocycles. The molecule has 1 aliphatic heterocycles. The summed E-state index contributed by atoms with van der Waals surface area (Å²) >= 11 is 3.80. The molecule has 1 N–H and O–H groups in total. The van der Waals surface area contributed by atoms with E-state index < -0.39 is 10.0 Å². The van der Waals surface area contributed by atoms with Crippen molar-refractivity contribution in [3.8, 4) is 22.5 Å². The molecule has 6 rings (SSSR count). The lowest BCUT2D eigenvalue weighted by Gasteiger charge is -2.25. The number of thioether (sulfide) groups is 2. The first-order valence-corrected chi connectivity index (χ1v) is 25.6. The maximum Gasteiger partial charge on any atom is 0.241 e. The van der Waals surface area contributed by atoms with E-state index in [1.165, 1.54) is 9.79 Å². The molecule has 9 heteroatoms. The third-order valence-corrected chi connectivity index (χ3v) is 14.8. The van der Waals surface area contributed by atoms with Gasteiger partial charge in [0.15, 0.2) is 0 Å². The molecule has 0 saturated heterocycles. The van der Waals surface area contributed by atoms with E-state index in [0.717, 1.165) is 128 Å². The summed E-state index contributed by atoms with van der Waals surface area (Å²) in [6.45, 7) is 12.9. The fourth-order valence-corrected chi connectivity index (χ4v) is 11.0. The zero-order valence-corrected chi connectivity index (χ0v) is 38.5. The molecule has 4 aromatic rings. The van der Waals surface area contributed by atoms with Gasteiger partial charge < -0.3 is 9.32 Å². The Balaban J connectivity index is 1.41. The third-order valence-electron chi connectivity index (χ3n) is 11.1. The molecule has 1 heterocycles. The highest BCUT2D eigenvalue weighted by atomic mass is 32.2. The fraction of sp³-hybridized carbons (Fsp3) is 0.392. The van der Waals surface area contributed by atoms with E-state index >= 15 is 0 Å². The number of hydrogen-bond donors (Lipinski definition) is 1. The number of nitrogens with zero attached hydrogens (tertiary/aromatic N) is 2. The molecule has 4 aromatic carbocycles. The molecule has 0 saturated carbocycles. The first-order chi connectivity index (χ1) is 29.3. The van der Waals surface area contributed by atoms with Crippen LogP contribution in [0, 0.1) is 5.92 Å². The van der Waals surface area contributed by atoms with Crippen molar-refractivity contribution in [3.63, 3.8) is 0 Å². The highest BCUT2D eigenvalue weighted by Gasteiger charge is 2.26. The third kappa shape index (κ3) is 12.3. The second-order valence-corrected chi connectivity index (χ2v) is 19.7. The average molecular weight is 863 g/mol. The molecule has 1 atom stereocenters. The van der Waals surface area contributed by atoms with Gasteiger partial charge in [-0.05, 0) is 79.5 Å². The number of anilines is 1. The number of fused-ring (bicyclic) bond motifs is 2. The first kappa shape index (κ1) is 45.5. The van der Waals surface area contributed by atoms with Crippen molar-refractivity contribution < 1.29 is 12.8 Å². The summed E-state index contributed by atoms with van der Waals surface area (Å²) in [5.41, 5.74) is 4.33. The minimum absolute atomic E-state index is 0.296. The van der Waals surface area contributed by atoms with Gasteiger partial charge in [-0.3, -0.25) is 0 Å². The van der Waals surface area contributed by atoms with Gasteiger partial charge in [0.2, 0.25) is 15.4 Å². The zero-order valence-electron chi connectivity index (χ0n) is 36.1. The van der Waals surface area contributed by atoms with Gasteiger partial charge in [0, 0.05) is 87.9 Å². The maximum absolute atomic E-state index is 14.3. The van der Waals surface area contributed by atoms with Gasteiger partial charge in [-0.2, -0.15) is 0 Å². The van der Waals surface area contributed by atoms with E-state index in [1.807, 2.05) is 41.7 Å². The van der Waals surface area contributed by atoms with Crippen LogP contribution < -0.4 is 19.6 Å². The van der Waals surface area contributed by atoms with Gasteiger partial charge in [-0.1, -0.05) is 102 Å². The lowest BCUT2D eigenvalue weighted by Crippen LogP contribution is -2.32. The number of sulfonamides is 1. The van der Waals surface area contributed by atoms with E-state index in [0.29, 0.717) is 22.9 Å². The number of unbranched alkanes of at least 4 members (excludes halogenated alkanes) is 1. The van der Waals surface area contributed by atoms with Crippen LogP contribution in [-0.4, -0.2) is 52.6 Å². The summed E-state index contributed by atoms with van der Waals surface area (Å²) in [4.78, 5) is 5.35. The summed E-state index contributed by atoms with van der Waals surface area (Å²) in [5.74, 6) is 3.12. The Morgan fingerprint density at radius 2 is 1.38 bits per heavy atom. The predicted molar refractivity (Wildman–Crippen MR) is 258 cm³/mol. The molecule has 318 valence electrons. The number of rotatable bonds is 24. The molecule has 0 fully saturated rings. The SMILES string of the molecule is CCCCC(CC)CNS(=O)(=O)c1ccccc1-c1c2ccc(=[N+](CCC)CCCSc3ccccc3)cc-2oc2cc(N(CCC)CCCSc3ccccc3)ccc12. The van der Waals surface area contributed by atoms with Crippen molar-refractivity contribution in [2.45, 2.75) is 93.7 Å². The Morgan fingerprint density at radius 3 is 2.07 bits per heavy atom. The summed E-state index contributed by atoms with van der Waals surface area (Å²) in [7, 11) is -3.83. The maximum atomic E-state index is 14.3. The van der Waals surface area contributed by atoms with Gasteiger partial charge in [0.1, 0.15) is 24.4 Å². The highest BCUT2D eigenvalue weighted by molar-refractivity contribution is 7.99. The van der Waals surface area contributed by atoms with Crippen LogP contribution in [0.3, 0.4) is 0 Å². The Morgan fingerprint density at radius 1 is 0.683 bits per heavy atom. The quantitative estimate of drug-likeness (QED) is 0.0283. The molecule has 1 aliphatic carbocycles. The summed E-state index contributed by atoms with van der Waals surface area (Å²) in [6.07, 6.45) is 8.30. The molecular formula is C51H64N3O3S3+. The number of nitrogens with one attached hydrogen (secondary N) is 1.